The van der Waals surface area contributed by atoms with Gasteiger partial charge in [0.25, 0.3) is 5.91 Å². The lowest BCUT2D eigenvalue weighted by Crippen LogP contribution is -2.31. The average molecular weight is 288 g/mol. The zero-order valence-corrected chi connectivity index (χ0v) is 11.5. The zero-order chi connectivity index (χ0) is 13.0. The maximum Gasteiger partial charge on any atom is 0.255 e. The van der Waals surface area contributed by atoms with E-state index in [2.05, 4.69) is 6.07 Å². The third-order valence-corrected chi connectivity index (χ3v) is 5.11. The summed E-state index contributed by atoms with van der Waals surface area (Å²) >= 11 is 8.05. The number of nitrogens with zero attached hydrogens (tertiary/aromatic N) is 1. The number of amides is 1. The molecule has 2 aliphatic rings. The van der Waals surface area contributed by atoms with E-state index in [1.54, 1.807) is 11.8 Å². The van der Waals surface area contributed by atoms with E-state index in [-0.39, 0.29) is 11.9 Å². The zero-order valence-electron chi connectivity index (χ0n) is 9.97. The van der Waals surface area contributed by atoms with E-state index >= 15 is 0 Å². The van der Waals surface area contributed by atoms with Crippen molar-refractivity contribution >= 4 is 29.3 Å². The fourth-order valence-corrected chi connectivity index (χ4v) is 4.29. The summed E-state index contributed by atoms with van der Waals surface area (Å²) in [6, 6.07) is 13.7. The largest absolute Gasteiger partial charge is 0.318 e. The van der Waals surface area contributed by atoms with E-state index in [9.17, 15) is 4.79 Å². The van der Waals surface area contributed by atoms with Gasteiger partial charge < -0.3 is 4.90 Å². The topological polar surface area (TPSA) is 20.3 Å². The van der Waals surface area contributed by atoms with Gasteiger partial charge in [-0.2, -0.15) is 0 Å². The second-order valence-corrected chi connectivity index (χ2v) is 6.08. The molecular weight excluding hydrogens is 278 g/mol. The van der Waals surface area contributed by atoms with Crippen LogP contribution in [0, 0.1) is 0 Å². The molecule has 0 aromatic heterocycles. The molecule has 2 nitrogen and oxygen atoms in total. The molecule has 1 amide bonds. The third-order valence-electron chi connectivity index (χ3n) is 3.70. The highest BCUT2D eigenvalue weighted by molar-refractivity contribution is 7.99. The van der Waals surface area contributed by atoms with E-state index in [1.165, 1.54) is 4.90 Å². The van der Waals surface area contributed by atoms with Crippen LogP contribution in [0.2, 0.25) is 5.02 Å². The number of hydrogen-bond donors (Lipinski definition) is 0. The number of halogens is 1. The highest BCUT2D eigenvalue weighted by Crippen LogP contribution is 2.49. The lowest BCUT2D eigenvalue weighted by Gasteiger charge is -2.32. The molecule has 0 aliphatic carbocycles. The minimum atomic E-state index is -0.0198. The summed E-state index contributed by atoms with van der Waals surface area (Å²) < 4.78 is 0. The maximum absolute atomic E-state index is 12.4. The molecule has 4 rings (SSSR count). The fraction of sp³-hybridized carbons (Fsp3) is 0.133. The van der Waals surface area contributed by atoms with E-state index in [0.717, 1.165) is 21.7 Å². The Labute approximate surface area is 120 Å². The molecule has 0 saturated heterocycles. The molecule has 0 fully saturated rings. The van der Waals surface area contributed by atoms with Crippen LogP contribution >= 0.6 is 23.4 Å². The lowest BCUT2D eigenvalue weighted by atomic mass is 9.98. The molecule has 4 heteroatoms. The molecule has 2 aromatic rings. The second kappa shape index (κ2) is 4.02. The van der Waals surface area contributed by atoms with Crippen LogP contribution in [-0.4, -0.2) is 16.7 Å². The molecular formula is C15H10ClNOS. The van der Waals surface area contributed by atoms with Crippen molar-refractivity contribution in [3.05, 3.63) is 64.2 Å². The number of carbonyl (C=O) groups is 1. The second-order valence-electron chi connectivity index (χ2n) is 4.69. The summed E-state index contributed by atoms with van der Waals surface area (Å²) in [6.07, 6.45) is 0. The van der Waals surface area contributed by atoms with Crippen molar-refractivity contribution in [2.75, 3.05) is 5.88 Å². The van der Waals surface area contributed by atoms with Gasteiger partial charge in [-0.25, -0.2) is 0 Å². The standard InChI is InChI=1S/C15H10ClNOS/c16-11-6-3-7-12-13(11)14-9-4-1-2-5-10(9)15(18)17(14)8-19-12/h1-7,14H,8H2. The number of fused-ring (bicyclic) bond motifs is 5. The predicted molar refractivity (Wildman–Crippen MR) is 76.6 cm³/mol. The van der Waals surface area contributed by atoms with Gasteiger partial charge in [-0.3, -0.25) is 4.79 Å². The molecule has 0 radical (unpaired) electrons. The number of benzene rings is 2. The van der Waals surface area contributed by atoms with Crippen molar-refractivity contribution in [1.29, 1.82) is 0 Å². The Kier molecular flexibility index (Phi) is 2.41. The van der Waals surface area contributed by atoms with Gasteiger partial charge in [-0.05, 0) is 23.8 Å². The van der Waals surface area contributed by atoms with Crippen LogP contribution in [0.4, 0.5) is 0 Å². The van der Waals surface area contributed by atoms with Crippen LogP contribution < -0.4 is 0 Å². The highest BCUT2D eigenvalue weighted by Gasteiger charge is 2.41. The van der Waals surface area contributed by atoms with Crippen molar-refractivity contribution in [2.24, 2.45) is 0 Å². The summed E-state index contributed by atoms with van der Waals surface area (Å²) in [5, 5.41) is 0.740. The summed E-state index contributed by atoms with van der Waals surface area (Å²) in [5.41, 5.74) is 2.95. The number of thioether (sulfide) groups is 1. The number of rotatable bonds is 0. The number of carbonyl (C=O) groups excluding carboxylic acids is 1. The van der Waals surface area contributed by atoms with Crippen LogP contribution in [-0.2, 0) is 0 Å². The van der Waals surface area contributed by atoms with Crippen molar-refractivity contribution in [2.45, 2.75) is 10.9 Å². The molecule has 19 heavy (non-hydrogen) atoms. The summed E-state index contributed by atoms with van der Waals surface area (Å²) in [4.78, 5) is 15.5. The maximum atomic E-state index is 12.4. The molecule has 0 N–H and O–H groups in total. The normalized spacial score (nSPS) is 19.9. The van der Waals surface area contributed by atoms with Crippen LogP contribution in [0.25, 0.3) is 0 Å². The van der Waals surface area contributed by atoms with E-state index in [0.29, 0.717) is 5.88 Å². The van der Waals surface area contributed by atoms with Gasteiger partial charge in [-0.1, -0.05) is 35.9 Å². The minimum absolute atomic E-state index is 0.0198. The molecule has 1 atom stereocenters. The van der Waals surface area contributed by atoms with Gasteiger partial charge in [0.1, 0.15) is 0 Å². The quantitative estimate of drug-likeness (QED) is 0.731. The van der Waals surface area contributed by atoms with Crippen molar-refractivity contribution in [1.82, 2.24) is 4.90 Å². The molecule has 2 aliphatic heterocycles. The SMILES string of the molecule is O=C1c2ccccc2C2c3c(Cl)cccc3SCN12. The molecule has 2 aromatic carbocycles. The van der Waals surface area contributed by atoms with Gasteiger partial charge in [0, 0.05) is 21.0 Å². The van der Waals surface area contributed by atoms with Gasteiger partial charge in [0.05, 0.1) is 11.9 Å². The molecule has 2 heterocycles. The third kappa shape index (κ3) is 1.49. The first-order valence-electron chi connectivity index (χ1n) is 6.08. The summed E-state index contributed by atoms with van der Waals surface area (Å²) in [6.45, 7) is 0. The van der Waals surface area contributed by atoms with Crippen LogP contribution in [0.3, 0.4) is 0 Å². The van der Waals surface area contributed by atoms with E-state index in [4.69, 9.17) is 11.6 Å². The Morgan fingerprint density at radius 1 is 1.16 bits per heavy atom. The number of hydrogen-bond acceptors (Lipinski definition) is 2. The highest BCUT2D eigenvalue weighted by atomic mass is 35.5. The molecule has 94 valence electrons. The van der Waals surface area contributed by atoms with Crippen LogP contribution in [0.15, 0.2) is 47.4 Å². The first-order chi connectivity index (χ1) is 9.27. The Hall–Kier alpha value is -1.45. The smallest absolute Gasteiger partial charge is 0.255 e. The summed E-state index contributed by atoms with van der Waals surface area (Å²) in [7, 11) is 0. The minimum Gasteiger partial charge on any atom is -0.318 e. The van der Waals surface area contributed by atoms with Crippen molar-refractivity contribution < 1.29 is 4.79 Å². The molecule has 0 spiro atoms. The van der Waals surface area contributed by atoms with Gasteiger partial charge in [0.15, 0.2) is 0 Å². The monoisotopic (exact) mass is 287 g/mol. The molecule has 0 bridgehead atoms. The Morgan fingerprint density at radius 3 is 2.89 bits per heavy atom. The lowest BCUT2D eigenvalue weighted by molar-refractivity contribution is 0.0779. The van der Waals surface area contributed by atoms with Gasteiger partial charge in [0.2, 0.25) is 0 Å². The first kappa shape index (κ1) is 11.4. The predicted octanol–water partition coefficient (Wildman–Crippen LogP) is 3.95. The van der Waals surface area contributed by atoms with Crippen LogP contribution in [0.1, 0.15) is 27.5 Å². The Bertz CT molecular complexity index is 700. The average Bonchev–Trinajstić information content (AvgIpc) is 2.73. The van der Waals surface area contributed by atoms with E-state index in [1.807, 2.05) is 41.3 Å². The Balaban J connectivity index is 2.00. The van der Waals surface area contributed by atoms with E-state index < -0.39 is 0 Å². The van der Waals surface area contributed by atoms with Crippen molar-refractivity contribution in [3.8, 4) is 0 Å². The fourth-order valence-electron chi connectivity index (χ4n) is 2.86. The Morgan fingerprint density at radius 2 is 2.00 bits per heavy atom. The molecule has 1 unspecified atom stereocenters. The first-order valence-corrected chi connectivity index (χ1v) is 7.45. The van der Waals surface area contributed by atoms with Crippen molar-refractivity contribution in [3.63, 3.8) is 0 Å². The van der Waals surface area contributed by atoms with Gasteiger partial charge in [-0.15, -0.1) is 11.8 Å². The molecule has 0 saturated carbocycles. The van der Waals surface area contributed by atoms with Gasteiger partial charge >= 0.3 is 0 Å². The summed E-state index contributed by atoms with van der Waals surface area (Å²) in [5.74, 6) is 0.796. The van der Waals surface area contributed by atoms with Crippen LogP contribution in [0.5, 0.6) is 0 Å².